The first-order valence-corrected chi connectivity index (χ1v) is 14.7. The average molecular weight is 472 g/mol. The molecule has 3 amide bonds. The van der Waals surface area contributed by atoms with Gasteiger partial charge in [0.05, 0.1) is 44.2 Å². The number of aliphatic hydroxyl groups excluding tert-OH is 1. The second-order valence-electron chi connectivity index (χ2n) is 10.5. The quantitative estimate of drug-likeness (QED) is 0.439. The SMILES string of the molecule is CC[Si](C)(C)[C@@](C)(CC(O)C(NC(=O)N1Cc2cn[nH]c2C1(C)C)c1ccccc1)C(N)=O. The molecule has 3 rings (SSSR count). The zero-order valence-electron chi connectivity index (χ0n) is 20.5. The molecule has 2 aromatic rings. The maximum Gasteiger partial charge on any atom is 0.319 e. The van der Waals surface area contributed by atoms with Crippen LogP contribution in [0.2, 0.25) is 24.2 Å². The lowest BCUT2D eigenvalue weighted by atomic mass is 9.92. The summed E-state index contributed by atoms with van der Waals surface area (Å²) < 4.78 is 0. The van der Waals surface area contributed by atoms with Crippen molar-refractivity contribution >= 4 is 20.0 Å². The Morgan fingerprint density at radius 2 is 1.97 bits per heavy atom. The van der Waals surface area contributed by atoms with Gasteiger partial charge in [-0.05, 0) is 25.8 Å². The van der Waals surface area contributed by atoms with Gasteiger partial charge in [0.1, 0.15) is 0 Å². The average Bonchev–Trinajstić information content (AvgIpc) is 3.33. The molecule has 0 radical (unpaired) electrons. The van der Waals surface area contributed by atoms with Crippen molar-refractivity contribution in [2.45, 2.75) is 82.5 Å². The number of benzene rings is 1. The standard InChI is InChI=1S/C24H37N5O3Si/c1-7-33(5,6)24(4,21(25)31)13-18(30)19(16-11-9-8-10-12-16)27-22(32)29-15-17-14-26-28-20(17)23(29,2)3/h8-12,14,18-19,30H,7,13,15H2,1-6H3,(H2,25,31)(H,26,28)(H,27,32)/t18?,19?,24-/m0/s1. The van der Waals surface area contributed by atoms with Crippen molar-refractivity contribution in [1.82, 2.24) is 20.4 Å². The summed E-state index contributed by atoms with van der Waals surface area (Å²) in [5, 5.41) is 20.7. The number of nitrogens with one attached hydrogen (secondary N) is 2. The summed E-state index contributed by atoms with van der Waals surface area (Å²) in [6, 6.07) is 9.26. The van der Waals surface area contributed by atoms with Crippen LogP contribution in [0.5, 0.6) is 0 Å². The Morgan fingerprint density at radius 1 is 1.33 bits per heavy atom. The fraction of sp³-hybridized carbons (Fsp3) is 0.542. The third kappa shape index (κ3) is 4.43. The van der Waals surface area contributed by atoms with Crippen molar-refractivity contribution in [3.63, 3.8) is 0 Å². The first-order valence-electron chi connectivity index (χ1n) is 11.5. The van der Waals surface area contributed by atoms with Crippen molar-refractivity contribution in [3.05, 3.63) is 53.3 Å². The molecular weight excluding hydrogens is 434 g/mol. The van der Waals surface area contributed by atoms with Gasteiger partial charge in [0.2, 0.25) is 5.91 Å². The number of primary amides is 1. The molecule has 1 aromatic heterocycles. The molecule has 1 aromatic carbocycles. The minimum atomic E-state index is -2.09. The van der Waals surface area contributed by atoms with E-state index in [2.05, 4.69) is 35.5 Å². The summed E-state index contributed by atoms with van der Waals surface area (Å²) in [6.45, 7) is 12.5. The zero-order chi connectivity index (χ0) is 24.6. The summed E-state index contributed by atoms with van der Waals surface area (Å²) in [5.74, 6) is -0.398. The van der Waals surface area contributed by atoms with E-state index in [4.69, 9.17) is 5.73 Å². The Hall–Kier alpha value is -2.65. The Morgan fingerprint density at radius 3 is 2.52 bits per heavy atom. The van der Waals surface area contributed by atoms with Crippen LogP contribution in [0.15, 0.2) is 36.5 Å². The van der Waals surface area contributed by atoms with E-state index in [0.717, 1.165) is 22.9 Å². The smallest absolute Gasteiger partial charge is 0.319 e. The number of hydrogen-bond donors (Lipinski definition) is 4. The predicted octanol–water partition coefficient (Wildman–Crippen LogP) is 3.64. The van der Waals surface area contributed by atoms with Gasteiger partial charge in [-0.2, -0.15) is 5.10 Å². The molecule has 180 valence electrons. The van der Waals surface area contributed by atoms with Crippen molar-refractivity contribution in [2.75, 3.05) is 0 Å². The Balaban J connectivity index is 1.89. The molecule has 0 saturated carbocycles. The van der Waals surface area contributed by atoms with Crippen molar-refractivity contribution in [2.24, 2.45) is 5.73 Å². The molecule has 0 spiro atoms. The second-order valence-corrected chi connectivity index (χ2v) is 16.0. The van der Waals surface area contributed by atoms with Crippen molar-refractivity contribution < 1.29 is 14.7 Å². The molecule has 2 heterocycles. The molecule has 0 fully saturated rings. The van der Waals surface area contributed by atoms with E-state index < -0.39 is 36.7 Å². The number of urea groups is 1. The molecule has 0 bridgehead atoms. The lowest BCUT2D eigenvalue weighted by Crippen LogP contribution is -2.53. The Kier molecular flexibility index (Phi) is 6.77. The normalized spacial score (nSPS) is 18.8. The van der Waals surface area contributed by atoms with E-state index in [1.165, 1.54) is 0 Å². The molecule has 1 aliphatic rings. The maximum absolute atomic E-state index is 13.5. The van der Waals surface area contributed by atoms with Gasteiger partial charge in [-0.25, -0.2) is 4.79 Å². The molecule has 2 unspecified atom stereocenters. The minimum Gasteiger partial charge on any atom is -0.391 e. The van der Waals surface area contributed by atoms with Crippen LogP contribution in [0, 0.1) is 0 Å². The zero-order valence-corrected chi connectivity index (χ0v) is 21.5. The van der Waals surface area contributed by atoms with Crippen LogP contribution in [-0.4, -0.2) is 46.3 Å². The van der Waals surface area contributed by atoms with Gasteiger partial charge in [-0.1, -0.05) is 63.3 Å². The molecule has 1 aliphatic heterocycles. The molecule has 8 nitrogen and oxygen atoms in total. The van der Waals surface area contributed by atoms with E-state index in [0.29, 0.717) is 6.54 Å². The highest BCUT2D eigenvalue weighted by atomic mass is 28.3. The van der Waals surface area contributed by atoms with Crippen LogP contribution in [0.1, 0.15) is 57.0 Å². The van der Waals surface area contributed by atoms with Gasteiger partial charge >= 0.3 is 6.03 Å². The number of fused-ring (bicyclic) bond motifs is 1. The monoisotopic (exact) mass is 471 g/mol. The van der Waals surface area contributed by atoms with Crippen LogP contribution in [0.3, 0.4) is 0 Å². The molecule has 3 atom stereocenters. The number of amides is 3. The molecular formula is C24H37N5O3Si. The maximum atomic E-state index is 13.5. The van der Waals surface area contributed by atoms with Crippen LogP contribution < -0.4 is 11.1 Å². The van der Waals surface area contributed by atoms with Gasteiger partial charge in [0.15, 0.2) is 0 Å². The molecule has 33 heavy (non-hydrogen) atoms. The fourth-order valence-electron chi connectivity index (χ4n) is 4.70. The third-order valence-electron chi connectivity index (χ3n) is 7.94. The van der Waals surface area contributed by atoms with Crippen molar-refractivity contribution in [3.8, 4) is 0 Å². The van der Waals surface area contributed by atoms with Gasteiger partial charge < -0.3 is 21.1 Å². The van der Waals surface area contributed by atoms with E-state index in [1.54, 1.807) is 11.1 Å². The van der Waals surface area contributed by atoms with Crippen LogP contribution in [-0.2, 0) is 16.9 Å². The van der Waals surface area contributed by atoms with Gasteiger partial charge in [0, 0.05) is 10.6 Å². The number of hydrogen-bond acceptors (Lipinski definition) is 4. The number of rotatable bonds is 8. The predicted molar refractivity (Wildman–Crippen MR) is 131 cm³/mol. The number of H-pyrrole nitrogens is 1. The summed E-state index contributed by atoms with van der Waals surface area (Å²) in [7, 11) is -2.09. The largest absolute Gasteiger partial charge is 0.391 e. The second kappa shape index (κ2) is 8.94. The van der Waals surface area contributed by atoms with Crippen LogP contribution in [0.4, 0.5) is 4.79 Å². The minimum absolute atomic E-state index is 0.182. The summed E-state index contributed by atoms with van der Waals surface area (Å²) >= 11 is 0. The van der Waals surface area contributed by atoms with E-state index in [-0.39, 0.29) is 12.5 Å². The number of nitrogens with zero attached hydrogens (tertiary/aromatic N) is 2. The molecule has 9 heteroatoms. The van der Waals surface area contributed by atoms with Crippen molar-refractivity contribution in [1.29, 1.82) is 0 Å². The number of aromatic amines is 1. The Bertz CT molecular complexity index is 1010. The highest BCUT2D eigenvalue weighted by Gasteiger charge is 2.49. The van der Waals surface area contributed by atoms with E-state index >= 15 is 0 Å². The van der Waals surface area contributed by atoms with Crippen LogP contribution in [0.25, 0.3) is 0 Å². The first-order chi connectivity index (χ1) is 15.3. The van der Waals surface area contributed by atoms with Gasteiger partial charge in [0.25, 0.3) is 0 Å². The highest BCUT2D eigenvalue weighted by molar-refractivity contribution is 6.83. The molecule has 5 N–H and O–H groups in total. The Labute approximate surface area is 197 Å². The summed E-state index contributed by atoms with van der Waals surface area (Å²) in [5.41, 5.74) is 7.97. The van der Waals surface area contributed by atoms with Gasteiger partial charge in [-0.3, -0.25) is 9.89 Å². The van der Waals surface area contributed by atoms with Crippen LogP contribution >= 0.6 is 0 Å². The van der Waals surface area contributed by atoms with Gasteiger partial charge in [-0.15, -0.1) is 0 Å². The first kappa shape index (κ1) is 25.0. The van der Waals surface area contributed by atoms with E-state index in [9.17, 15) is 14.7 Å². The number of carbonyl (C=O) groups excluding carboxylic acids is 2. The summed E-state index contributed by atoms with van der Waals surface area (Å²) in [6.07, 6.45) is 0.933. The summed E-state index contributed by atoms with van der Waals surface area (Å²) in [4.78, 5) is 27.8. The lowest BCUT2D eigenvalue weighted by molar-refractivity contribution is -0.121. The topological polar surface area (TPSA) is 124 Å². The highest BCUT2D eigenvalue weighted by Crippen LogP contribution is 2.45. The lowest BCUT2D eigenvalue weighted by Gasteiger charge is -2.42. The number of aliphatic hydroxyl groups is 1. The number of carbonyl (C=O) groups is 2. The number of nitrogens with two attached hydrogens (primary N) is 1. The fourth-order valence-corrected chi connectivity index (χ4v) is 6.91. The van der Waals surface area contributed by atoms with E-state index in [1.807, 2.05) is 51.1 Å². The molecule has 0 saturated heterocycles. The third-order valence-corrected chi connectivity index (χ3v) is 13.1. The number of aromatic nitrogens is 2. The molecule has 0 aliphatic carbocycles.